The summed E-state index contributed by atoms with van der Waals surface area (Å²) in [6.45, 7) is 8.32. The van der Waals surface area contributed by atoms with Gasteiger partial charge in [0.1, 0.15) is 22.6 Å². The van der Waals surface area contributed by atoms with Crippen molar-refractivity contribution in [2.75, 3.05) is 0 Å². The summed E-state index contributed by atoms with van der Waals surface area (Å²) >= 11 is 0. The molecule has 2 N–H and O–H groups in total. The van der Waals surface area contributed by atoms with Crippen LogP contribution in [0.1, 0.15) is 22.3 Å². The molecule has 8 heteroatoms. The second-order valence-corrected chi connectivity index (χ2v) is 11.8. The molecule has 5 heterocycles. The first-order chi connectivity index (χ1) is 21.4. The van der Waals surface area contributed by atoms with Gasteiger partial charge in [-0.05, 0) is 52.0 Å². The molecule has 210 valence electrons. The smallest absolute Gasteiger partial charge is 0.164 e. The van der Waals surface area contributed by atoms with Crippen LogP contribution in [0.2, 0.25) is 0 Å². The monoisotopic (exact) mass is 570 g/mol. The van der Waals surface area contributed by atoms with E-state index in [1.165, 1.54) is 0 Å². The Bertz CT molecular complexity index is 2560. The maximum absolute atomic E-state index is 5.13. The highest BCUT2D eigenvalue weighted by Gasteiger charge is 2.22. The average Bonchev–Trinajstić information content (AvgIpc) is 3.71. The summed E-state index contributed by atoms with van der Waals surface area (Å²) in [7, 11) is 0. The molecule has 2 aliphatic rings. The second-order valence-electron chi connectivity index (χ2n) is 11.8. The Hall–Kier alpha value is -5.76. The van der Waals surface area contributed by atoms with Gasteiger partial charge in [0.05, 0.1) is 0 Å². The molecule has 44 heavy (non-hydrogen) atoms. The van der Waals surface area contributed by atoms with Gasteiger partial charge in [0, 0.05) is 43.8 Å². The lowest BCUT2D eigenvalue weighted by molar-refractivity contribution is 1.19. The van der Waals surface area contributed by atoms with Gasteiger partial charge in [-0.3, -0.25) is 0 Å². The van der Waals surface area contributed by atoms with Crippen LogP contribution in [0, 0.1) is 27.7 Å². The Kier molecular flexibility index (Phi) is 5.00. The van der Waals surface area contributed by atoms with Gasteiger partial charge in [0.25, 0.3) is 0 Å². The quantitative estimate of drug-likeness (QED) is 0.191. The third-order valence-corrected chi connectivity index (χ3v) is 8.45. The van der Waals surface area contributed by atoms with E-state index in [2.05, 4.69) is 110 Å². The lowest BCUT2D eigenvalue weighted by atomic mass is 10.1. The maximum Gasteiger partial charge on any atom is 0.164 e. The van der Waals surface area contributed by atoms with Gasteiger partial charge in [-0.25, -0.2) is 29.9 Å². The first kappa shape index (κ1) is 24.8. The van der Waals surface area contributed by atoms with Gasteiger partial charge in [-0.2, -0.15) is 0 Å². The molecule has 0 radical (unpaired) electrons. The first-order valence-corrected chi connectivity index (χ1v) is 14.6. The van der Waals surface area contributed by atoms with Crippen molar-refractivity contribution in [3.63, 3.8) is 0 Å². The van der Waals surface area contributed by atoms with E-state index in [-0.39, 0.29) is 0 Å². The minimum atomic E-state index is 0.604. The van der Waals surface area contributed by atoms with E-state index < -0.39 is 0 Å². The minimum absolute atomic E-state index is 0.604. The standard InChI is InChI=1S/C36H26N8/c1-17-5-9-21-25(13-17)33-38-29(21)37-30-22-10-6-18(2)14-26(22)34(39-30)41-32-24-12-8-20(4)16-28(24)36(43-32)44-35-27-15-19(3)7-11-23(27)31(40-33)42-35/h5-16H,1-4H3,(H2,37,38,39,40,41,42,43,44). The van der Waals surface area contributed by atoms with Gasteiger partial charge >= 0.3 is 0 Å². The van der Waals surface area contributed by atoms with E-state index in [1.54, 1.807) is 0 Å². The highest BCUT2D eigenvalue weighted by Crippen LogP contribution is 2.37. The van der Waals surface area contributed by atoms with Crippen LogP contribution in [-0.4, -0.2) is 39.9 Å². The van der Waals surface area contributed by atoms with E-state index in [9.17, 15) is 0 Å². The SMILES string of the molecule is Cc1ccc2c(c1)-c1nc-2nc2[nH]c(nc3nc(nc4[nH]c(n1)c1ccc(C)cc41)-c1cc(C)ccc1-3)c1cc(C)ccc21. The van der Waals surface area contributed by atoms with E-state index in [1.807, 2.05) is 0 Å². The van der Waals surface area contributed by atoms with Gasteiger partial charge in [-0.15, -0.1) is 0 Å². The molecule has 8 bridgehead atoms. The molecule has 7 aromatic rings. The maximum atomic E-state index is 5.13. The number of benzene rings is 4. The molecular formula is C36H26N8. The van der Waals surface area contributed by atoms with Crippen LogP contribution >= 0.6 is 0 Å². The summed E-state index contributed by atoms with van der Waals surface area (Å²) in [4.78, 5) is 37.5. The summed E-state index contributed by atoms with van der Waals surface area (Å²) < 4.78 is 0. The predicted molar refractivity (Wildman–Crippen MR) is 175 cm³/mol. The van der Waals surface area contributed by atoms with Crippen LogP contribution in [0.15, 0.2) is 72.8 Å². The Morgan fingerprint density at radius 3 is 1.11 bits per heavy atom. The molecular weight excluding hydrogens is 544 g/mol. The van der Waals surface area contributed by atoms with Crippen LogP contribution in [-0.2, 0) is 0 Å². The average molecular weight is 571 g/mol. The highest BCUT2D eigenvalue weighted by atomic mass is 15.1. The zero-order chi connectivity index (χ0) is 29.7. The Balaban J connectivity index is 1.51. The van der Waals surface area contributed by atoms with Crippen LogP contribution in [0.25, 0.3) is 89.7 Å². The summed E-state index contributed by atoms with van der Waals surface area (Å²) in [5.41, 5.74) is 11.1. The number of hydrogen-bond donors (Lipinski definition) is 2. The number of nitrogens with one attached hydrogen (secondary N) is 2. The van der Waals surface area contributed by atoms with E-state index in [0.29, 0.717) is 45.9 Å². The van der Waals surface area contributed by atoms with Gasteiger partial charge in [0.15, 0.2) is 23.3 Å². The van der Waals surface area contributed by atoms with Gasteiger partial charge < -0.3 is 9.97 Å². The molecule has 4 aromatic carbocycles. The van der Waals surface area contributed by atoms with Crippen molar-refractivity contribution in [2.45, 2.75) is 27.7 Å². The Labute approximate surface area is 252 Å². The summed E-state index contributed by atoms with van der Waals surface area (Å²) in [5, 5.41) is 3.88. The van der Waals surface area contributed by atoms with Crippen LogP contribution in [0.3, 0.4) is 0 Å². The highest BCUT2D eigenvalue weighted by molar-refractivity contribution is 6.06. The number of nitrogens with zero attached hydrogens (tertiary/aromatic N) is 6. The molecule has 8 nitrogen and oxygen atoms in total. The van der Waals surface area contributed by atoms with E-state index in [0.717, 1.165) is 66.1 Å². The number of aromatic nitrogens is 8. The van der Waals surface area contributed by atoms with Crippen molar-refractivity contribution in [2.24, 2.45) is 0 Å². The van der Waals surface area contributed by atoms with Crippen LogP contribution in [0.5, 0.6) is 0 Å². The Morgan fingerprint density at radius 1 is 0.341 bits per heavy atom. The fraction of sp³-hybridized carbons (Fsp3) is 0.111. The van der Waals surface area contributed by atoms with Crippen LogP contribution < -0.4 is 0 Å². The van der Waals surface area contributed by atoms with Crippen molar-refractivity contribution in [1.82, 2.24) is 39.9 Å². The molecule has 0 unspecified atom stereocenters. The van der Waals surface area contributed by atoms with Crippen molar-refractivity contribution < 1.29 is 0 Å². The second kappa shape index (κ2) is 8.87. The molecule has 2 aliphatic heterocycles. The number of rotatable bonds is 0. The topological polar surface area (TPSA) is 109 Å². The third-order valence-electron chi connectivity index (χ3n) is 8.45. The van der Waals surface area contributed by atoms with Crippen molar-refractivity contribution in [3.8, 4) is 45.6 Å². The van der Waals surface area contributed by atoms with Crippen molar-refractivity contribution in [3.05, 3.63) is 95.1 Å². The molecule has 0 saturated carbocycles. The molecule has 0 fully saturated rings. The summed E-state index contributed by atoms with van der Waals surface area (Å²) in [6.07, 6.45) is 0. The Morgan fingerprint density at radius 2 is 0.682 bits per heavy atom. The normalized spacial score (nSPS) is 12.1. The fourth-order valence-electron chi connectivity index (χ4n) is 6.25. The van der Waals surface area contributed by atoms with Gasteiger partial charge in [-0.1, -0.05) is 70.8 Å². The molecule has 0 spiro atoms. The molecule has 3 aromatic heterocycles. The van der Waals surface area contributed by atoms with E-state index in [4.69, 9.17) is 29.9 Å². The lowest BCUT2D eigenvalue weighted by Crippen LogP contribution is -1.84. The van der Waals surface area contributed by atoms with Crippen molar-refractivity contribution >= 4 is 44.1 Å². The van der Waals surface area contributed by atoms with Crippen molar-refractivity contribution in [1.29, 1.82) is 0 Å². The lowest BCUT2D eigenvalue weighted by Gasteiger charge is -1.99. The number of aromatic amines is 2. The largest absolute Gasteiger partial charge is 0.324 e. The van der Waals surface area contributed by atoms with Crippen LogP contribution in [0.4, 0.5) is 0 Å². The summed E-state index contributed by atoms with van der Waals surface area (Å²) in [5.74, 6) is 2.43. The summed E-state index contributed by atoms with van der Waals surface area (Å²) in [6, 6.07) is 25.2. The zero-order valence-corrected chi connectivity index (χ0v) is 24.6. The van der Waals surface area contributed by atoms with E-state index >= 15 is 0 Å². The number of H-pyrrole nitrogens is 2. The number of fused-ring (bicyclic) bond motifs is 20. The van der Waals surface area contributed by atoms with Gasteiger partial charge in [0.2, 0.25) is 0 Å². The fourth-order valence-corrected chi connectivity index (χ4v) is 6.25. The zero-order valence-electron chi connectivity index (χ0n) is 24.6. The molecule has 0 atom stereocenters. The third kappa shape index (κ3) is 3.70. The first-order valence-electron chi connectivity index (χ1n) is 14.6. The number of hydrogen-bond acceptors (Lipinski definition) is 6. The molecule has 9 rings (SSSR count). The molecule has 0 saturated heterocycles. The molecule has 0 amide bonds. The molecule has 0 aliphatic carbocycles. The predicted octanol–water partition coefficient (Wildman–Crippen LogP) is 8.10. The number of aryl methyl sites for hydroxylation is 4. The minimum Gasteiger partial charge on any atom is -0.324 e.